The molecule has 154 valence electrons. The second kappa shape index (κ2) is 11.8. The first-order valence-electron chi connectivity index (χ1n) is 8.57. The number of nitrogens with one attached hydrogen (secondary N) is 3. The van der Waals surface area contributed by atoms with Crippen LogP contribution < -0.4 is 21.7 Å². The lowest BCUT2D eigenvalue weighted by Crippen LogP contribution is -2.57. The lowest BCUT2D eigenvalue weighted by Gasteiger charge is -2.26. The van der Waals surface area contributed by atoms with E-state index in [-0.39, 0.29) is 18.8 Å². The maximum Gasteiger partial charge on any atom is 0.322 e. The third kappa shape index (κ3) is 9.54. The Hall–Kier alpha value is -2.69. The van der Waals surface area contributed by atoms with Gasteiger partial charge in [0, 0.05) is 6.42 Å². The zero-order valence-corrected chi connectivity index (χ0v) is 15.7. The molecule has 7 N–H and O–H groups in total. The molecule has 0 aromatic rings. The van der Waals surface area contributed by atoms with Gasteiger partial charge in [0.15, 0.2) is 0 Å². The van der Waals surface area contributed by atoms with E-state index in [4.69, 9.17) is 15.9 Å². The van der Waals surface area contributed by atoms with E-state index in [0.717, 1.165) is 0 Å². The van der Waals surface area contributed by atoms with Crippen molar-refractivity contribution in [2.24, 2.45) is 11.7 Å². The Morgan fingerprint density at radius 1 is 0.926 bits per heavy atom. The summed E-state index contributed by atoms with van der Waals surface area (Å²) in [5.41, 5.74) is 5.65. The molecule has 4 atom stereocenters. The normalized spacial score (nSPS) is 15.0. The molecule has 0 saturated carbocycles. The van der Waals surface area contributed by atoms with Gasteiger partial charge < -0.3 is 31.9 Å². The summed E-state index contributed by atoms with van der Waals surface area (Å²) in [6.45, 7) is 4.33. The average molecular weight is 388 g/mol. The van der Waals surface area contributed by atoms with Crippen LogP contribution in [0.3, 0.4) is 0 Å². The number of amides is 3. The van der Waals surface area contributed by atoms with Gasteiger partial charge in [-0.15, -0.1) is 0 Å². The van der Waals surface area contributed by atoms with Crippen LogP contribution in [0.1, 0.15) is 40.0 Å². The van der Waals surface area contributed by atoms with Crippen LogP contribution in [0.25, 0.3) is 0 Å². The number of carbonyl (C=O) groups is 5. The monoisotopic (exact) mass is 388 g/mol. The van der Waals surface area contributed by atoms with E-state index in [1.54, 1.807) is 6.92 Å². The minimum Gasteiger partial charge on any atom is -0.481 e. The molecule has 0 aromatic carbocycles. The number of carbonyl (C=O) groups excluding carboxylic acids is 3. The van der Waals surface area contributed by atoms with Crippen molar-refractivity contribution in [3.05, 3.63) is 0 Å². The highest BCUT2D eigenvalue weighted by Gasteiger charge is 2.29. The molecule has 0 bridgehead atoms. The summed E-state index contributed by atoms with van der Waals surface area (Å²) < 4.78 is 0. The average Bonchev–Trinajstić information content (AvgIpc) is 2.60. The van der Waals surface area contributed by atoms with Crippen molar-refractivity contribution >= 4 is 29.7 Å². The summed E-state index contributed by atoms with van der Waals surface area (Å²) in [4.78, 5) is 57.4. The molecular weight excluding hydrogens is 360 g/mol. The van der Waals surface area contributed by atoms with Crippen LogP contribution in [0.4, 0.5) is 0 Å². The molecule has 0 aliphatic carbocycles. The molecule has 0 aliphatic rings. The van der Waals surface area contributed by atoms with Crippen LogP contribution in [-0.4, -0.2) is 64.5 Å². The first-order chi connectivity index (χ1) is 12.5. The Balaban J connectivity index is 4.90. The minimum absolute atomic E-state index is 0.0794. The fourth-order valence-corrected chi connectivity index (χ4v) is 2.06. The molecule has 27 heavy (non-hydrogen) atoms. The fourth-order valence-electron chi connectivity index (χ4n) is 2.06. The summed E-state index contributed by atoms with van der Waals surface area (Å²) in [5, 5.41) is 24.2. The summed E-state index contributed by atoms with van der Waals surface area (Å²) in [6.07, 6.45) is 0.182. The lowest BCUT2D eigenvalue weighted by atomic mass is 9.97. The second-order valence-corrected chi connectivity index (χ2v) is 6.25. The van der Waals surface area contributed by atoms with Crippen LogP contribution in [0, 0.1) is 5.92 Å². The molecule has 4 unspecified atom stereocenters. The number of rotatable bonds is 12. The van der Waals surface area contributed by atoms with Gasteiger partial charge in [-0.2, -0.15) is 0 Å². The maximum absolute atomic E-state index is 12.5. The van der Waals surface area contributed by atoms with Gasteiger partial charge in [-0.05, 0) is 19.3 Å². The van der Waals surface area contributed by atoms with Gasteiger partial charge in [0.1, 0.15) is 18.6 Å². The third-order valence-corrected chi connectivity index (χ3v) is 3.97. The van der Waals surface area contributed by atoms with Gasteiger partial charge in [0.25, 0.3) is 0 Å². The van der Waals surface area contributed by atoms with Gasteiger partial charge in [0.2, 0.25) is 17.7 Å². The van der Waals surface area contributed by atoms with Crippen molar-refractivity contribution in [1.29, 1.82) is 0 Å². The van der Waals surface area contributed by atoms with Crippen LogP contribution in [-0.2, 0) is 24.0 Å². The summed E-state index contributed by atoms with van der Waals surface area (Å²) >= 11 is 0. The zero-order chi connectivity index (χ0) is 21.1. The van der Waals surface area contributed by atoms with Crippen molar-refractivity contribution < 1.29 is 34.2 Å². The Morgan fingerprint density at radius 3 is 2.00 bits per heavy atom. The fraction of sp³-hybridized carbons (Fsp3) is 0.688. The molecule has 11 nitrogen and oxygen atoms in total. The molecular formula is C16H28N4O7. The molecule has 0 aromatic heterocycles. The van der Waals surface area contributed by atoms with E-state index in [1.807, 2.05) is 6.92 Å². The van der Waals surface area contributed by atoms with E-state index in [9.17, 15) is 24.0 Å². The zero-order valence-electron chi connectivity index (χ0n) is 15.7. The SMILES string of the molecule is CCC(C)C(NC(=O)C(N)CCC(=O)O)C(=O)NC(C)C(=O)NCC(=O)O. The molecule has 0 spiro atoms. The van der Waals surface area contributed by atoms with Crippen LogP contribution in [0.2, 0.25) is 0 Å². The van der Waals surface area contributed by atoms with Crippen molar-refractivity contribution in [3.8, 4) is 0 Å². The van der Waals surface area contributed by atoms with E-state index in [1.165, 1.54) is 6.92 Å². The van der Waals surface area contributed by atoms with Crippen molar-refractivity contribution in [2.75, 3.05) is 6.54 Å². The molecule has 3 amide bonds. The van der Waals surface area contributed by atoms with Gasteiger partial charge in [0.05, 0.1) is 6.04 Å². The highest BCUT2D eigenvalue weighted by atomic mass is 16.4. The Kier molecular flexibility index (Phi) is 10.7. The second-order valence-electron chi connectivity index (χ2n) is 6.25. The largest absolute Gasteiger partial charge is 0.481 e. The number of nitrogens with two attached hydrogens (primary N) is 1. The molecule has 0 rings (SSSR count). The first kappa shape index (κ1) is 24.3. The first-order valence-corrected chi connectivity index (χ1v) is 8.57. The standard InChI is InChI=1S/C16H28N4O7/c1-4-8(2)13(20-15(26)10(17)5-6-11(21)22)16(27)19-9(3)14(25)18-7-12(23)24/h8-10,13H,4-7,17H2,1-3H3,(H,18,25)(H,19,27)(H,20,26)(H,21,22)(H,23,24). The Morgan fingerprint density at radius 2 is 1.52 bits per heavy atom. The van der Waals surface area contributed by atoms with E-state index in [2.05, 4.69) is 16.0 Å². The van der Waals surface area contributed by atoms with E-state index < -0.39 is 54.3 Å². The maximum atomic E-state index is 12.5. The Bertz CT molecular complexity index is 567. The number of hydrogen-bond donors (Lipinski definition) is 6. The van der Waals surface area contributed by atoms with Crippen molar-refractivity contribution in [3.63, 3.8) is 0 Å². The van der Waals surface area contributed by atoms with E-state index in [0.29, 0.717) is 6.42 Å². The van der Waals surface area contributed by atoms with E-state index >= 15 is 0 Å². The summed E-state index contributed by atoms with van der Waals surface area (Å²) in [5.74, 6) is -4.56. The molecule has 0 heterocycles. The smallest absolute Gasteiger partial charge is 0.322 e. The molecule has 0 radical (unpaired) electrons. The van der Waals surface area contributed by atoms with Gasteiger partial charge in [-0.25, -0.2) is 0 Å². The molecule has 0 fully saturated rings. The number of carboxylic acids is 2. The lowest BCUT2D eigenvalue weighted by molar-refractivity contribution is -0.139. The molecule has 0 aliphatic heterocycles. The number of hydrogen-bond acceptors (Lipinski definition) is 6. The quantitative estimate of drug-likeness (QED) is 0.231. The molecule has 11 heteroatoms. The van der Waals surface area contributed by atoms with Crippen LogP contribution in [0.5, 0.6) is 0 Å². The predicted molar refractivity (Wildman–Crippen MR) is 94.5 cm³/mol. The van der Waals surface area contributed by atoms with Gasteiger partial charge in [-0.3, -0.25) is 24.0 Å². The van der Waals surface area contributed by atoms with Gasteiger partial charge >= 0.3 is 11.9 Å². The summed E-state index contributed by atoms with van der Waals surface area (Å²) in [7, 11) is 0. The topological polar surface area (TPSA) is 188 Å². The number of aliphatic carboxylic acids is 2. The Labute approximate surface area is 157 Å². The number of carboxylic acid groups (broad SMARTS) is 2. The third-order valence-electron chi connectivity index (χ3n) is 3.97. The highest BCUT2D eigenvalue weighted by molar-refractivity contribution is 5.93. The summed E-state index contributed by atoms with van der Waals surface area (Å²) in [6, 6.07) is -3.08. The van der Waals surface area contributed by atoms with Crippen LogP contribution >= 0.6 is 0 Å². The van der Waals surface area contributed by atoms with Crippen molar-refractivity contribution in [1.82, 2.24) is 16.0 Å². The van der Waals surface area contributed by atoms with Crippen molar-refractivity contribution in [2.45, 2.75) is 58.2 Å². The van der Waals surface area contributed by atoms with Crippen LogP contribution in [0.15, 0.2) is 0 Å². The molecule has 0 saturated heterocycles. The minimum atomic E-state index is -1.22. The van der Waals surface area contributed by atoms with Gasteiger partial charge in [-0.1, -0.05) is 20.3 Å². The predicted octanol–water partition coefficient (Wildman–Crippen LogP) is -1.59. The highest BCUT2D eigenvalue weighted by Crippen LogP contribution is 2.09.